The minimum absolute atomic E-state index is 0.0143. The summed E-state index contributed by atoms with van der Waals surface area (Å²) in [5, 5.41) is 39.5. The van der Waals surface area contributed by atoms with Crippen molar-refractivity contribution in [2.24, 2.45) is 28.6 Å². The third kappa shape index (κ3) is 11.5. The molecule has 0 aromatic heterocycles. The molecule has 0 aliphatic heterocycles. The maximum atomic E-state index is 12.4. The summed E-state index contributed by atoms with van der Waals surface area (Å²) in [7, 11) is 3.25. The maximum Gasteiger partial charge on any atom is 0.245 e. The standard InChI is InChI=1S/C21H31NO3.C8H17NO3.C2H6O.3C2H6/c1-19-8-5-14(22)11-13(19)3-4-15-16(19)6-9-20(2)17(15)7-10-21(20,25)18(24)12-23;1-3-4-12-7(2)5-9-8(11)6-10;1-3-2;3*1-2/h11,15-17,22-23,25H,3-10,12H2,1-2H3;7,10H,3-6H2,1-2H3,(H,9,11);1-2H3;3*1-2H3. The second-order valence-electron chi connectivity index (χ2n) is 12.5. The number of fused-ring (bicyclic) bond motifs is 5. The SMILES string of the molecule is CC.CC.CC.CC12CCC(=N)C=C1CCC1C2CCC2(C)C1CCC2(O)C(=O)CO.CCCOC(C)CNC(=O)CO.COC. The topological polar surface area (TPSA) is 149 Å². The smallest absolute Gasteiger partial charge is 0.245 e. The third-order valence-electron chi connectivity index (χ3n) is 10.1. The van der Waals surface area contributed by atoms with E-state index in [2.05, 4.69) is 30.0 Å². The molecule has 3 saturated carbocycles. The van der Waals surface area contributed by atoms with Crippen LogP contribution in [0.25, 0.3) is 0 Å². The number of aliphatic hydroxyl groups excluding tert-OH is 2. The molecule has 4 rings (SSSR count). The Bertz CT molecular complexity index is 910. The van der Waals surface area contributed by atoms with Crippen LogP contribution in [-0.4, -0.2) is 85.0 Å². The number of hydrogen-bond donors (Lipinski definition) is 5. The largest absolute Gasteiger partial charge is 0.388 e. The van der Waals surface area contributed by atoms with Crippen LogP contribution in [0, 0.1) is 34.0 Å². The highest BCUT2D eigenvalue weighted by Gasteiger charge is 2.65. The molecular weight excluding hydrogens is 584 g/mol. The number of hydrogen-bond acceptors (Lipinski definition) is 8. The average Bonchev–Trinajstić information content (AvgIpc) is 3.37. The first-order valence-corrected chi connectivity index (χ1v) is 17.9. The number of nitrogens with one attached hydrogen (secondary N) is 2. The summed E-state index contributed by atoms with van der Waals surface area (Å²) in [5.74, 6) is 0.775. The van der Waals surface area contributed by atoms with E-state index in [-0.39, 0.29) is 23.2 Å². The molecule has 9 heteroatoms. The number of rotatable bonds is 8. The van der Waals surface area contributed by atoms with Crippen molar-refractivity contribution < 1.29 is 34.4 Å². The monoisotopic (exact) mass is 657 g/mol. The molecule has 9 nitrogen and oxygen atoms in total. The molecule has 272 valence electrons. The van der Waals surface area contributed by atoms with Gasteiger partial charge < -0.3 is 35.5 Å². The molecule has 5 N–H and O–H groups in total. The third-order valence-corrected chi connectivity index (χ3v) is 10.1. The van der Waals surface area contributed by atoms with Gasteiger partial charge in [0.1, 0.15) is 18.8 Å². The molecule has 0 spiro atoms. The molecule has 46 heavy (non-hydrogen) atoms. The number of methoxy groups -OCH3 is 1. The maximum absolute atomic E-state index is 12.4. The van der Waals surface area contributed by atoms with Gasteiger partial charge in [0, 0.05) is 38.5 Å². The summed E-state index contributed by atoms with van der Waals surface area (Å²) >= 11 is 0. The van der Waals surface area contributed by atoms with Crippen molar-refractivity contribution in [2.45, 2.75) is 139 Å². The van der Waals surface area contributed by atoms with Crippen LogP contribution in [0.5, 0.6) is 0 Å². The zero-order valence-electron chi connectivity index (χ0n) is 31.6. The van der Waals surface area contributed by atoms with E-state index < -0.39 is 24.2 Å². The molecule has 3 fully saturated rings. The number of aliphatic hydroxyl groups is 3. The molecule has 7 unspecified atom stereocenters. The van der Waals surface area contributed by atoms with Gasteiger partial charge in [-0.25, -0.2) is 0 Å². The number of allylic oxidation sites excluding steroid dienone is 2. The molecular formula is C37H72N2O7. The Morgan fingerprint density at radius 3 is 2.04 bits per heavy atom. The molecule has 0 heterocycles. The first-order chi connectivity index (χ1) is 21.9. The van der Waals surface area contributed by atoms with Crippen LogP contribution >= 0.6 is 0 Å². The van der Waals surface area contributed by atoms with Crippen molar-refractivity contribution in [3.8, 4) is 0 Å². The van der Waals surface area contributed by atoms with E-state index in [0.717, 1.165) is 57.1 Å². The molecule has 4 aliphatic rings. The summed E-state index contributed by atoms with van der Waals surface area (Å²) in [6.45, 7) is 20.5. The van der Waals surface area contributed by atoms with Crippen molar-refractivity contribution in [1.82, 2.24) is 5.32 Å². The number of carbonyl (C=O) groups excluding carboxylic acids is 2. The average molecular weight is 657 g/mol. The molecule has 0 radical (unpaired) electrons. The fourth-order valence-electron chi connectivity index (χ4n) is 7.88. The van der Waals surface area contributed by atoms with Gasteiger partial charge in [-0.05, 0) is 94.0 Å². The molecule has 0 aromatic carbocycles. The van der Waals surface area contributed by atoms with Crippen molar-refractivity contribution in [3.63, 3.8) is 0 Å². The summed E-state index contributed by atoms with van der Waals surface area (Å²) in [5.41, 5.74) is 0.690. The first-order valence-electron chi connectivity index (χ1n) is 17.9. The Labute approximate surface area is 281 Å². The lowest BCUT2D eigenvalue weighted by Gasteiger charge is -2.59. The van der Waals surface area contributed by atoms with Crippen LogP contribution in [-0.2, 0) is 19.1 Å². The van der Waals surface area contributed by atoms with Crippen molar-refractivity contribution in [1.29, 1.82) is 5.41 Å². The van der Waals surface area contributed by atoms with Gasteiger partial charge in [-0.2, -0.15) is 0 Å². The number of amides is 1. The van der Waals surface area contributed by atoms with Crippen LogP contribution in [0.1, 0.15) is 127 Å². The van der Waals surface area contributed by atoms with Gasteiger partial charge in [0.15, 0.2) is 5.78 Å². The summed E-state index contributed by atoms with van der Waals surface area (Å²) < 4.78 is 9.54. The molecule has 0 bridgehead atoms. The van der Waals surface area contributed by atoms with Gasteiger partial charge in [-0.3, -0.25) is 9.59 Å². The Hall–Kier alpha value is -1.65. The van der Waals surface area contributed by atoms with E-state index in [4.69, 9.17) is 15.3 Å². The molecule has 0 saturated heterocycles. The van der Waals surface area contributed by atoms with E-state index in [1.54, 1.807) is 14.2 Å². The summed E-state index contributed by atoms with van der Waals surface area (Å²) in [6.07, 6.45) is 10.5. The second kappa shape index (κ2) is 23.6. The van der Waals surface area contributed by atoms with Crippen LogP contribution in [0.15, 0.2) is 11.6 Å². The Balaban J connectivity index is 0. The van der Waals surface area contributed by atoms with Gasteiger partial charge in [-0.15, -0.1) is 0 Å². The normalized spacial score (nSPS) is 30.7. The van der Waals surface area contributed by atoms with Crippen LogP contribution in [0.2, 0.25) is 0 Å². The highest BCUT2D eigenvalue weighted by molar-refractivity contribution is 5.94. The number of carbonyl (C=O) groups is 2. The minimum Gasteiger partial charge on any atom is -0.388 e. The zero-order valence-corrected chi connectivity index (χ0v) is 31.6. The van der Waals surface area contributed by atoms with E-state index in [1.807, 2.05) is 55.4 Å². The molecule has 0 aromatic rings. The predicted octanol–water partition coefficient (Wildman–Crippen LogP) is 6.51. The van der Waals surface area contributed by atoms with Gasteiger partial charge >= 0.3 is 0 Å². The number of Topliss-reactive ketones (excluding diaryl/α,β-unsaturated/α-hetero) is 1. The summed E-state index contributed by atoms with van der Waals surface area (Å²) in [4.78, 5) is 22.9. The predicted molar refractivity (Wildman–Crippen MR) is 189 cm³/mol. The lowest BCUT2D eigenvalue weighted by molar-refractivity contribution is -0.164. The van der Waals surface area contributed by atoms with E-state index in [1.165, 1.54) is 5.57 Å². The molecule has 7 atom stereocenters. The highest BCUT2D eigenvalue weighted by Crippen LogP contribution is 2.67. The van der Waals surface area contributed by atoms with Crippen molar-refractivity contribution in [3.05, 3.63) is 11.6 Å². The zero-order chi connectivity index (χ0) is 36.1. The van der Waals surface area contributed by atoms with Gasteiger partial charge in [0.25, 0.3) is 0 Å². The van der Waals surface area contributed by atoms with Crippen LogP contribution in [0.4, 0.5) is 0 Å². The lowest BCUT2D eigenvalue weighted by atomic mass is 9.46. The van der Waals surface area contributed by atoms with Crippen LogP contribution < -0.4 is 5.32 Å². The quantitative estimate of drug-likeness (QED) is 0.200. The first kappa shape index (κ1) is 46.5. The fraction of sp³-hybridized carbons (Fsp3) is 0.865. The lowest BCUT2D eigenvalue weighted by Crippen LogP contribution is -2.58. The van der Waals surface area contributed by atoms with Crippen LogP contribution in [0.3, 0.4) is 0 Å². The fourth-order valence-corrected chi connectivity index (χ4v) is 7.88. The van der Waals surface area contributed by atoms with E-state index in [9.17, 15) is 19.8 Å². The Kier molecular flexibility index (Phi) is 23.9. The second-order valence-corrected chi connectivity index (χ2v) is 12.5. The summed E-state index contributed by atoms with van der Waals surface area (Å²) in [6, 6.07) is 0. The number of ketones is 1. The van der Waals surface area contributed by atoms with Gasteiger partial charge in [0.05, 0.1) is 6.10 Å². The van der Waals surface area contributed by atoms with Gasteiger partial charge in [0.2, 0.25) is 5.91 Å². The van der Waals surface area contributed by atoms with E-state index >= 15 is 0 Å². The Morgan fingerprint density at radius 1 is 0.957 bits per heavy atom. The number of ether oxygens (including phenoxy) is 2. The van der Waals surface area contributed by atoms with Gasteiger partial charge in [-0.1, -0.05) is 67.9 Å². The molecule has 4 aliphatic carbocycles. The Morgan fingerprint density at radius 2 is 1.52 bits per heavy atom. The van der Waals surface area contributed by atoms with Crippen molar-refractivity contribution in [2.75, 3.05) is 40.6 Å². The minimum atomic E-state index is -1.34. The van der Waals surface area contributed by atoms with E-state index in [0.29, 0.717) is 37.3 Å². The molecule has 1 amide bonds. The van der Waals surface area contributed by atoms with Crippen molar-refractivity contribution >= 4 is 17.4 Å². The highest BCUT2D eigenvalue weighted by atomic mass is 16.5.